The molecule has 0 aliphatic carbocycles. The molecule has 0 spiro atoms. The van der Waals surface area contributed by atoms with Crippen LogP contribution in [0.2, 0.25) is 0 Å². The van der Waals surface area contributed by atoms with Crippen molar-refractivity contribution in [2.45, 2.75) is 0 Å². The molecule has 65 heavy (non-hydrogen) atoms. The van der Waals surface area contributed by atoms with Crippen LogP contribution in [-0.2, 0) is 0 Å². The van der Waals surface area contributed by atoms with E-state index in [0.29, 0.717) is 11.1 Å². The zero-order chi connectivity index (χ0) is 47.3. The van der Waals surface area contributed by atoms with Gasteiger partial charge in [-0.2, -0.15) is 0 Å². The molecule has 0 aliphatic heterocycles. The van der Waals surface area contributed by atoms with Crippen molar-refractivity contribution >= 4 is 333 Å². The third kappa shape index (κ3) is 6.07. The number of benzene rings is 9. The molecule has 9 rings (SSSR count). The molecule has 42 radical (unpaired) electrons. The molecule has 0 unspecified atom stereocenters. The van der Waals surface area contributed by atoms with Gasteiger partial charge in [0, 0.05) is 0 Å². The number of rotatable bonds is 3. The quantitative estimate of drug-likeness (QED) is 0.124. The van der Waals surface area contributed by atoms with Gasteiger partial charge in [-0.1, -0.05) is 124 Å². The lowest BCUT2D eigenvalue weighted by atomic mass is 9.55. The Morgan fingerprint density at radius 1 is 0.185 bits per heavy atom. The maximum absolute atomic E-state index is 7.56. The summed E-state index contributed by atoms with van der Waals surface area (Å²) in [4.78, 5) is 0. The Kier molecular flexibility index (Phi) is 11.2. The van der Waals surface area contributed by atoms with Gasteiger partial charge < -0.3 is 0 Å². The third-order valence-corrected chi connectivity index (χ3v) is 12.9. The van der Waals surface area contributed by atoms with Crippen LogP contribution in [0.15, 0.2) is 42.5 Å². The van der Waals surface area contributed by atoms with Gasteiger partial charge in [0.15, 0.2) is 0 Å². The zero-order valence-corrected chi connectivity index (χ0v) is 34.7. The van der Waals surface area contributed by atoms with Gasteiger partial charge in [0.25, 0.3) is 0 Å². The standard InChI is InChI=1S/C44H7B21/c45-24-11(10-7-3-5-8-4-1-2-6-9(8)10)27(48)28(49)15-13(19-26(47)21-23(34(55)32(19)53)38(59)44(65)42(63)36(21)57)17-16(29(50)39(60)40(61)30(17)51)12(14(15)24)18-25(46)20-22(33(54)31(18)52)37(58)43(64)41(62)35(20)56/h1-7H. The molecule has 0 fully saturated rings. The summed E-state index contributed by atoms with van der Waals surface area (Å²) in [5.74, 6) is 0. The Labute approximate surface area is 406 Å². The molecule has 0 aliphatic rings. The Hall–Kier alpha value is -4.36. The van der Waals surface area contributed by atoms with E-state index < -0.39 is 0 Å². The Balaban J connectivity index is 1.68. The fourth-order valence-electron chi connectivity index (χ4n) is 9.55. The second-order valence-electron chi connectivity index (χ2n) is 16.1. The maximum Gasteiger partial charge on any atom is 0.115 e. The minimum atomic E-state index is -0.126. The molecule has 0 nitrogen and oxygen atoms in total. The van der Waals surface area contributed by atoms with E-state index in [1.807, 2.05) is 42.5 Å². The molecule has 0 atom stereocenters. The number of hydrogen-bond donors (Lipinski definition) is 0. The monoisotopic (exact) mass is 766 g/mol. The van der Waals surface area contributed by atoms with E-state index in [9.17, 15) is 0 Å². The lowest BCUT2D eigenvalue weighted by molar-refractivity contribution is 1.73. The van der Waals surface area contributed by atoms with Crippen molar-refractivity contribution in [1.29, 1.82) is 0 Å². The van der Waals surface area contributed by atoms with Crippen molar-refractivity contribution in [2.75, 3.05) is 0 Å². The largest absolute Gasteiger partial charge is 0.115 e. The summed E-state index contributed by atoms with van der Waals surface area (Å²) >= 11 is 0. The fraction of sp³-hybridized carbons (Fsp3) is 0. The van der Waals surface area contributed by atoms with Crippen LogP contribution < -0.4 is 115 Å². The van der Waals surface area contributed by atoms with E-state index in [0.717, 1.165) is 10.8 Å². The molecule has 9 aromatic rings. The lowest BCUT2D eigenvalue weighted by Gasteiger charge is -2.33. The van der Waals surface area contributed by atoms with E-state index in [1.54, 1.807) is 0 Å². The van der Waals surface area contributed by atoms with Crippen molar-refractivity contribution in [2.24, 2.45) is 0 Å². The van der Waals surface area contributed by atoms with Gasteiger partial charge in [0.05, 0.1) is 0 Å². The van der Waals surface area contributed by atoms with Gasteiger partial charge in [0.1, 0.15) is 165 Å². The van der Waals surface area contributed by atoms with Crippen LogP contribution in [0.1, 0.15) is 0 Å². The first-order valence-corrected chi connectivity index (χ1v) is 19.6. The lowest BCUT2D eigenvalue weighted by Crippen LogP contribution is -2.52. The van der Waals surface area contributed by atoms with Crippen LogP contribution in [-0.4, -0.2) is 165 Å². The fourth-order valence-corrected chi connectivity index (χ4v) is 9.55. The molecule has 246 valence electrons. The summed E-state index contributed by atoms with van der Waals surface area (Å²) < 4.78 is 0. The predicted molar refractivity (Wildman–Crippen MR) is 303 cm³/mol. The highest BCUT2D eigenvalue weighted by atomic mass is 14.3. The summed E-state index contributed by atoms with van der Waals surface area (Å²) in [5, 5.41) is 2.59. The van der Waals surface area contributed by atoms with E-state index >= 15 is 0 Å². The van der Waals surface area contributed by atoms with Crippen LogP contribution in [0.5, 0.6) is 0 Å². The van der Waals surface area contributed by atoms with E-state index in [-0.39, 0.29) is 180 Å². The van der Waals surface area contributed by atoms with Gasteiger partial charge in [-0.3, -0.25) is 0 Å². The van der Waals surface area contributed by atoms with Crippen LogP contribution in [0.3, 0.4) is 0 Å². The minimum Gasteiger partial charge on any atom is -0.110 e. The number of hydrogen-bond acceptors (Lipinski definition) is 0. The Morgan fingerprint density at radius 3 is 0.846 bits per heavy atom. The first-order valence-electron chi connectivity index (χ1n) is 19.6. The van der Waals surface area contributed by atoms with Crippen LogP contribution in [0.25, 0.3) is 87.2 Å². The van der Waals surface area contributed by atoms with Gasteiger partial charge in [-0.15, -0.1) is 32.8 Å². The Morgan fingerprint density at radius 2 is 0.446 bits per heavy atom. The van der Waals surface area contributed by atoms with Gasteiger partial charge in [0.2, 0.25) is 0 Å². The highest BCUT2D eigenvalue weighted by Gasteiger charge is 2.30. The van der Waals surface area contributed by atoms with Crippen LogP contribution in [0, 0.1) is 0 Å². The first kappa shape index (κ1) is 45.8. The molecule has 0 aromatic heterocycles. The molecule has 0 bridgehead atoms. The molecule has 0 amide bonds. The van der Waals surface area contributed by atoms with E-state index in [1.165, 1.54) is 0 Å². The summed E-state index contributed by atoms with van der Waals surface area (Å²) in [7, 11) is 144. The summed E-state index contributed by atoms with van der Waals surface area (Å²) in [6.45, 7) is 0. The average molecular weight is 763 g/mol. The van der Waals surface area contributed by atoms with Crippen molar-refractivity contribution in [3.63, 3.8) is 0 Å². The molecule has 0 saturated heterocycles. The molecule has 9 aromatic carbocycles. The maximum atomic E-state index is 7.56. The Bertz CT molecular complexity index is 3720. The summed E-state index contributed by atoms with van der Waals surface area (Å²) in [6.07, 6.45) is 0. The molecular formula is C44H7B21. The number of fused-ring (bicyclic) bond motifs is 5. The van der Waals surface area contributed by atoms with Crippen molar-refractivity contribution in [3.8, 4) is 33.4 Å². The highest BCUT2D eigenvalue weighted by molar-refractivity contribution is 6.76. The normalized spacial score (nSPS) is 11.8. The van der Waals surface area contributed by atoms with E-state index in [2.05, 4.69) is 0 Å². The van der Waals surface area contributed by atoms with Crippen LogP contribution >= 0.6 is 0 Å². The van der Waals surface area contributed by atoms with Gasteiger partial charge in [-0.25, -0.2) is 0 Å². The molecule has 0 N–H and O–H groups in total. The molecule has 0 saturated carbocycles. The molecular weight excluding hydrogens is 756 g/mol. The van der Waals surface area contributed by atoms with Crippen molar-refractivity contribution < 1.29 is 0 Å². The summed E-state index contributed by atoms with van der Waals surface area (Å²) in [5.41, 5.74) is -0.0541. The average Bonchev–Trinajstić information content (AvgIpc) is 3.28. The minimum absolute atomic E-state index is 0.0167. The van der Waals surface area contributed by atoms with Crippen molar-refractivity contribution in [3.05, 3.63) is 42.5 Å². The molecule has 0 heterocycles. The van der Waals surface area contributed by atoms with E-state index in [4.69, 9.17) is 165 Å². The van der Waals surface area contributed by atoms with Gasteiger partial charge >= 0.3 is 0 Å². The highest BCUT2D eigenvalue weighted by Crippen LogP contribution is 2.41. The zero-order valence-electron chi connectivity index (χ0n) is 34.7. The summed E-state index contributed by atoms with van der Waals surface area (Å²) in [6, 6.07) is 13.3. The second kappa shape index (κ2) is 15.9. The van der Waals surface area contributed by atoms with Crippen molar-refractivity contribution in [1.82, 2.24) is 0 Å². The first-order chi connectivity index (χ1) is 30.6. The van der Waals surface area contributed by atoms with Gasteiger partial charge in [-0.05, 0) is 87.2 Å². The predicted octanol–water partition coefficient (Wildman–Crippen LogP) is -12.9. The van der Waals surface area contributed by atoms with Crippen LogP contribution in [0.4, 0.5) is 0 Å². The molecule has 21 heteroatoms. The topological polar surface area (TPSA) is 0 Å². The second-order valence-corrected chi connectivity index (χ2v) is 16.1. The SMILES string of the molecule is [B]c1c([B])c([B])c2c([B])c(-c3c4c([B])c([B])c([B])c([B])c4c(-c4c([B])c([B])c5c([B])c([B])c([B])c([B])c5c4[B])c4c([B])c(-c5cccc6ccccc56)c([B])c([B])c34)c([B])c([B])c2c1[B]. The third-order valence-electron chi connectivity index (χ3n) is 12.9. The smallest absolute Gasteiger partial charge is 0.110 e.